The van der Waals surface area contributed by atoms with E-state index in [4.69, 9.17) is 0 Å². The molecule has 0 saturated heterocycles. The molecule has 86 valence electrons. The zero-order valence-electron chi connectivity index (χ0n) is 9.99. The van der Waals surface area contributed by atoms with Crippen LogP contribution in [0.15, 0.2) is 34.0 Å². The van der Waals surface area contributed by atoms with Crippen LogP contribution in [0.4, 0.5) is 0 Å². The topological polar surface area (TPSA) is 0 Å². The van der Waals surface area contributed by atoms with E-state index in [0.717, 1.165) is 23.7 Å². The molecular formula is C15H19I. The van der Waals surface area contributed by atoms with Gasteiger partial charge in [-0.15, -0.1) is 0 Å². The second-order valence-corrected chi connectivity index (χ2v) is 7.44. The van der Waals surface area contributed by atoms with Crippen LogP contribution < -0.4 is 0 Å². The Morgan fingerprint density at radius 1 is 1.25 bits per heavy atom. The van der Waals surface area contributed by atoms with Crippen LogP contribution in [0, 0.1) is 29.1 Å². The van der Waals surface area contributed by atoms with Gasteiger partial charge in [0.15, 0.2) is 0 Å². The van der Waals surface area contributed by atoms with Gasteiger partial charge in [0.2, 0.25) is 0 Å². The highest BCUT2D eigenvalue weighted by Crippen LogP contribution is 2.60. The molecule has 0 N–H and O–H groups in total. The third kappa shape index (κ3) is 1.47. The van der Waals surface area contributed by atoms with Crippen molar-refractivity contribution >= 4 is 22.6 Å². The summed E-state index contributed by atoms with van der Waals surface area (Å²) in [5.74, 6) is 3.33. The molecular weight excluding hydrogens is 307 g/mol. The van der Waals surface area contributed by atoms with Crippen molar-refractivity contribution in [2.75, 3.05) is 0 Å². The van der Waals surface area contributed by atoms with Crippen LogP contribution in [-0.4, -0.2) is 0 Å². The number of hydrogen-bond donors (Lipinski definition) is 0. The van der Waals surface area contributed by atoms with E-state index in [1.54, 1.807) is 3.58 Å². The fraction of sp³-hybridized carbons (Fsp3) is 0.600. The Balaban J connectivity index is 2.00. The molecule has 1 heteroatoms. The molecule has 4 unspecified atom stereocenters. The lowest BCUT2D eigenvalue weighted by Crippen LogP contribution is -2.27. The Hall–Kier alpha value is -0.0500. The van der Waals surface area contributed by atoms with Gasteiger partial charge in [-0.3, -0.25) is 0 Å². The van der Waals surface area contributed by atoms with Gasteiger partial charge in [-0.1, -0.05) is 44.2 Å². The van der Waals surface area contributed by atoms with E-state index in [1.807, 2.05) is 0 Å². The van der Waals surface area contributed by atoms with Crippen LogP contribution in [0.25, 0.3) is 0 Å². The van der Waals surface area contributed by atoms with Crippen LogP contribution in [0.1, 0.15) is 26.7 Å². The smallest absolute Gasteiger partial charge is 0.0110 e. The fourth-order valence-corrected chi connectivity index (χ4v) is 4.87. The van der Waals surface area contributed by atoms with Crippen molar-refractivity contribution in [1.82, 2.24) is 0 Å². The van der Waals surface area contributed by atoms with Crippen LogP contribution in [0.2, 0.25) is 0 Å². The molecule has 0 aromatic carbocycles. The standard InChI is InChI=1S/C15H19I/c1-15(2)13-6-4-3-5-11(13)12-8-7-10(16)9-14(12)15/h3-7,11-14H,8-9H2,1-2H3. The highest BCUT2D eigenvalue weighted by Gasteiger charge is 2.53. The average Bonchev–Trinajstić information content (AvgIpc) is 2.49. The van der Waals surface area contributed by atoms with Crippen LogP contribution in [-0.2, 0) is 0 Å². The van der Waals surface area contributed by atoms with Crippen LogP contribution in [0.3, 0.4) is 0 Å². The van der Waals surface area contributed by atoms with Gasteiger partial charge < -0.3 is 0 Å². The average molecular weight is 326 g/mol. The number of fused-ring (bicyclic) bond motifs is 3. The van der Waals surface area contributed by atoms with Crippen molar-refractivity contribution in [3.05, 3.63) is 34.0 Å². The number of rotatable bonds is 0. The predicted octanol–water partition coefficient (Wildman–Crippen LogP) is 4.73. The molecule has 4 atom stereocenters. The first-order valence-electron chi connectivity index (χ1n) is 6.30. The molecule has 0 aliphatic heterocycles. The van der Waals surface area contributed by atoms with Crippen molar-refractivity contribution in [2.24, 2.45) is 29.1 Å². The van der Waals surface area contributed by atoms with Crippen molar-refractivity contribution < 1.29 is 0 Å². The minimum absolute atomic E-state index is 0.473. The Morgan fingerprint density at radius 3 is 2.81 bits per heavy atom. The van der Waals surface area contributed by atoms with Gasteiger partial charge >= 0.3 is 0 Å². The molecule has 1 saturated carbocycles. The molecule has 0 aromatic heterocycles. The molecule has 16 heavy (non-hydrogen) atoms. The molecule has 0 radical (unpaired) electrons. The van der Waals surface area contributed by atoms with Gasteiger partial charge in [-0.2, -0.15) is 0 Å². The van der Waals surface area contributed by atoms with Gasteiger partial charge in [0.1, 0.15) is 0 Å². The van der Waals surface area contributed by atoms with Crippen LogP contribution >= 0.6 is 22.6 Å². The zero-order valence-corrected chi connectivity index (χ0v) is 12.1. The van der Waals surface area contributed by atoms with Gasteiger partial charge in [0.05, 0.1) is 0 Å². The van der Waals surface area contributed by atoms with E-state index in [0.29, 0.717) is 5.41 Å². The third-order valence-electron chi connectivity index (χ3n) is 5.03. The van der Waals surface area contributed by atoms with Crippen molar-refractivity contribution in [2.45, 2.75) is 26.7 Å². The highest BCUT2D eigenvalue weighted by atomic mass is 127. The second kappa shape index (κ2) is 3.72. The lowest BCUT2D eigenvalue weighted by molar-refractivity contribution is 0.187. The number of allylic oxidation sites excluding steroid dienone is 6. The summed E-state index contributed by atoms with van der Waals surface area (Å²) < 4.78 is 1.58. The largest absolute Gasteiger partial charge is 0.0805 e. The fourth-order valence-electron chi connectivity index (χ4n) is 4.14. The van der Waals surface area contributed by atoms with Crippen molar-refractivity contribution in [1.29, 1.82) is 0 Å². The summed E-state index contributed by atoms with van der Waals surface area (Å²) in [7, 11) is 0. The first-order valence-corrected chi connectivity index (χ1v) is 7.38. The molecule has 1 fully saturated rings. The Kier molecular flexibility index (Phi) is 2.58. The first-order chi connectivity index (χ1) is 7.60. The summed E-state index contributed by atoms with van der Waals surface area (Å²) in [6, 6.07) is 0. The summed E-state index contributed by atoms with van der Waals surface area (Å²) in [6.07, 6.45) is 14.5. The van der Waals surface area contributed by atoms with E-state index < -0.39 is 0 Å². The first kappa shape index (κ1) is 11.1. The normalized spacial score (nSPS) is 43.8. The summed E-state index contributed by atoms with van der Waals surface area (Å²) >= 11 is 2.53. The van der Waals surface area contributed by atoms with Gasteiger partial charge in [-0.05, 0) is 68.1 Å². The van der Waals surface area contributed by atoms with Crippen molar-refractivity contribution in [3.63, 3.8) is 0 Å². The monoisotopic (exact) mass is 326 g/mol. The maximum atomic E-state index is 2.53. The second-order valence-electron chi connectivity index (χ2n) is 6.06. The SMILES string of the molecule is CC1(C)C2C=CC=CC2C2CC=C(I)CC21. The van der Waals surface area contributed by atoms with Crippen LogP contribution in [0.5, 0.6) is 0 Å². The lowest BCUT2D eigenvalue weighted by Gasteiger charge is -2.35. The molecule has 3 aliphatic rings. The van der Waals surface area contributed by atoms with Crippen molar-refractivity contribution in [3.8, 4) is 0 Å². The maximum Gasteiger partial charge on any atom is -0.0110 e. The minimum atomic E-state index is 0.473. The minimum Gasteiger partial charge on any atom is -0.0805 e. The van der Waals surface area contributed by atoms with Gasteiger partial charge in [-0.25, -0.2) is 0 Å². The van der Waals surface area contributed by atoms with Gasteiger partial charge in [0.25, 0.3) is 0 Å². The highest BCUT2D eigenvalue weighted by molar-refractivity contribution is 14.1. The molecule has 0 amide bonds. The predicted molar refractivity (Wildman–Crippen MR) is 77.4 cm³/mol. The maximum absolute atomic E-state index is 2.53. The summed E-state index contributed by atoms with van der Waals surface area (Å²) in [5, 5.41) is 0. The quantitative estimate of drug-likeness (QED) is 0.565. The Morgan fingerprint density at radius 2 is 2.00 bits per heavy atom. The Bertz CT molecular complexity index is 386. The molecule has 0 spiro atoms. The van der Waals surface area contributed by atoms with E-state index in [-0.39, 0.29) is 0 Å². The third-order valence-corrected chi connectivity index (χ3v) is 5.91. The van der Waals surface area contributed by atoms with E-state index in [1.165, 1.54) is 12.8 Å². The summed E-state index contributed by atoms with van der Waals surface area (Å²) in [6.45, 7) is 4.96. The van der Waals surface area contributed by atoms with E-state index >= 15 is 0 Å². The summed E-state index contributed by atoms with van der Waals surface area (Å²) in [5.41, 5.74) is 0.473. The molecule has 3 aliphatic carbocycles. The van der Waals surface area contributed by atoms with E-state index in [9.17, 15) is 0 Å². The molecule has 0 nitrogen and oxygen atoms in total. The molecule has 3 rings (SSSR count). The number of halogens is 1. The Labute approximate surface area is 112 Å². The zero-order chi connectivity index (χ0) is 11.3. The molecule has 0 heterocycles. The lowest BCUT2D eigenvalue weighted by atomic mass is 9.71. The van der Waals surface area contributed by atoms with E-state index in [2.05, 4.69) is 66.8 Å². The molecule has 0 aromatic rings. The molecule has 0 bridgehead atoms. The number of hydrogen-bond acceptors (Lipinski definition) is 0. The van der Waals surface area contributed by atoms with Gasteiger partial charge in [0, 0.05) is 0 Å². The summed E-state index contributed by atoms with van der Waals surface area (Å²) in [4.78, 5) is 0.